The van der Waals surface area contributed by atoms with Crippen molar-refractivity contribution in [3.8, 4) is 44.5 Å². The first-order valence-electron chi connectivity index (χ1n) is 21.0. The highest BCUT2D eigenvalue weighted by atomic mass is 15.0. The van der Waals surface area contributed by atoms with E-state index in [1.54, 1.807) is 0 Å². The summed E-state index contributed by atoms with van der Waals surface area (Å²) in [7, 11) is 0. The van der Waals surface area contributed by atoms with Crippen LogP contribution in [0, 0.1) is 0 Å². The summed E-state index contributed by atoms with van der Waals surface area (Å²) in [6.07, 6.45) is 0. The van der Waals surface area contributed by atoms with Gasteiger partial charge in [0.1, 0.15) is 5.65 Å². The van der Waals surface area contributed by atoms with E-state index >= 15 is 0 Å². The summed E-state index contributed by atoms with van der Waals surface area (Å²) in [5.41, 5.74) is 13.9. The number of pyridine rings is 1. The molecule has 0 aliphatic rings. The maximum atomic E-state index is 5.29. The summed E-state index contributed by atoms with van der Waals surface area (Å²) in [6.45, 7) is 0. The van der Waals surface area contributed by atoms with Crippen molar-refractivity contribution in [2.75, 3.05) is 0 Å². The molecule has 0 aliphatic heterocycles. The van der Waals surface area contributed by atoms with Gasteiger partial charge in [0, 0.05) is 10.8 Å². The van der Waals surface area contributed by atoms with E-state index in [0.717, 1.165) is 33.2 Å². The van der Waals surface area contributed by atoms with Crippen molar-refractivity contribution in [3.63, 3.8) is 0 Å². The highest BCUT2D eigenvalue weighted by Crippen LogP contribution is 2.46. The van der Waals surface area contributed by atoms with E-state index in [1.807, 2.05) is 0 Å². The lowest BCUT2D eigenvalue weighted by molar-refractivity contribution is 1.31. The van der Waals surface area contributed by atoms with Gasteiger partial charge in [0.15, 0.2) is 0 Å². The van der Waals surface area contributed by atoms with Gasteiger partial charge < -0.3 is 0 Å². The maximum Gasteiger partial charge on any atom is 0.146 e. The molecule has 0 bridgehead atoms. The molecule has 13 aromatic rings. The second-order valence-electron chi connectivity index (χ2n) is 16.3. The zero-order chi connectivity index (χ0) is 40.0. The number of hydrogen-bond acceptors (Lipinski definition) is 1. The first-order chi connectivity index (χ1) is 30.2. The monoisotopic (exact) mass is 772 g/mol. The summed E-state index contributed by atoms with van der Waals surface area (Å²) in [5, 5.41) is 13.6. The minimum absolute atomic E-state index is 0.989. The van der Waals surface area contributed by atoms with Crippen LogP contribution >= 0.6 is 0 Å². The average Bonchev–Trinajstić information content (AvgIpc) is 3.72. The molecule has 0 aliphatic carbocycles. The highest BCUT2D eigenvalue weighted by Gasteiger charge is 2.19. The largest absolute Gasteiger partial charge is 0.292 e. The SMILES string of the molecule is c1cc(-c2ccc3c(c2)nc2c4ccccc4c4ccccc4n32)cc(-c2ccc3c(-c4ccc5ccccc5c4)c4ccccc4c(-c4ccc5ccccc5c4)c3c2)c1. The molecule has 0 atom stereocenters. The molecule has 11 aromatic carbocycles. The van der Waals surface area contributed by atoms with Crippen LogP contribution in [0.5, 0.6) is 0 Å². The molecule has 0 saturated heterocycles. The van der Waals surface area contributed by atoms with Crippen LogP contribution in [-0.4, -0.2) is 9.38 Å². The van der Waals surface area contributed by atoms with Crippen LogP contribution in [0.25, 0.3) is 126 Å². The summed E-state index contributed by atoms with van der Waals surface area (Å²) in [6, 6.07) is 80.2. The van der Waals surface area contributed by atoms with Gasteiger partial charge in [0.05, 0.1) is 16.6 Å². The van der Waals surface area contributed by atoms with Gasteiger partial charge in [-0.25, -0.2) is 4.98 Å². The predicted molar refractivity (Wildman–Crippen MR) is 259 cm³/mol. The number of nitrogens with zero attached hydrogens (tertiary/aromatic N) is 2. The Balaban J connectivity index is 1.01. The Morgan fingerprint density at radius 3 is 1.44 bits per heavy atom. The van der Waals surface area contributed by atoms with Crippen molar-refractivity contribution >= 4 is 81.4 Å². The Morgan fingerprint density at radius 1 is 0.262 bits per heavy atom. The fourth-order valence-electron chi connectivity index (χ4n) is 10.0. The molecule has 2 heteroatoms. The Hall–Kier alpha value is -8.07. The smallest absolute Gasteiger partial charge is 0.146 e. The van der Waals surface area contributed by atoms with Crippen LogP contribution in [0.4, 0.5) is 0 Å². The first-order valence-corrected chi connectivity index (χ1v) is 21.0. The van der Waals surface area contributed by atoms with E-state index in [0.29, 0.717) is 0 Å². The van der Waals surface area contributed by atoms with E-state index in [4.69, 9.17) is 4.98 Å². The molecule has 0 unspecified atom stereocenters. The standard InChI is InChI=1S/C59H36N2/c1-3-14-39-33-45(26-24-37(39)12-1)57-49-20-6-7-21-50(49)58(46-27-25-38-13-2-4-15-40(38)34-46)53-35-43(28-30-51(53)57)41-16-11-17-42(32-41)44-29-31-56-54(36-44)60-59-52-22-8-5-18-47(52)48-19-9-10-23-55(48)61(56)59/h1-36H. The predicted octanol–water partition coefficient (Wildman–Crippen LogP) is 16.1. The van der Waals surface area contributed by atoms with Crippen molar-refractivity contribution < 1.29 is 0 Å². The molecule has 13 rings (SSSR count). The fourth-order valence-corrected chi connectivity index (χ4v) is 10.0. The average molecular weight is 773 g/mol. The molecular weight excluding hydrogens is 737 g/mol. The third kappa shape index (κ3) is 5.26. The third-order valence-corrected chi connectivity index (χ3v) is 12.9. The number of imidazole rings is 1. The van der Waals surface area contributed by atoms with Gasteiger partial charge >= 0.3 is 0 Å². The number of fused-ring (bicyclic) bond motifs is 12. The number of benzene rings is 11. The molecule has 0 saturated carbocycles. The van der Waals surface area contributed by atoms with Crippen LogP contribution in [-0.2, 0) is 0 Å². The molecule has 2 aromatic heterocycles. The fraction of sp³-hybridized carbons (Fsp3) is 0. The number of para-hydroxylation sites is 1. The molecule has 2 nitrogen and oxygen atoms in total. The molecule has 0 N–H and O–H groups in total. The van der Waals surface area contributed by atoms with E-state index < -0.39 is 0 Å². The molecule has 0 radical (unpaired) electrons. The van der Waals surface area contributed by atoms with Gasteiger partial charge in [-0.1, -0.05) is 176 Å². The highest BCUT2D eigenvalue weighted by molar-refractivity contribution is 6.23. The first kappa shape index (κ1) is 33.9. The Kier molecular flexibility index (Phi) is 7.34. The Labute approximate surface area is 352 Å². The summed E-state index contributed by atoms with van der Waals surface area (Å²) in [4.78, 5) is 5.29. The Morgan fingerprint density at radius 2 is 0.754 bits per heavy atom. The molecule has 2 heterocycles. The lowest BCUT2D eigenvalue weighted by atomic mass is 9.84. The van der Waals surface area contributed by atoms with E-state index in [1.165, 1.54) is 92.8 Å². The van der Waals surface area contributed by atoms with Crippen molar-refractivity contribution in [1.29, 1.82) is 0 Å². The maximum absolute atomic E-state index is 5.29. The van der Waals surface area contributed by atoms with Gasteiger partial charge in [0.2, 0.25) is 0 Å². The molecular formula is C59H36N2. The van der Waals surface area contributed by atoms with Crippen molar-refractivity contribution in [1.82, 2.24) is 9.38 Å². The number of rotatable bonds is 4. The minimum Gasteiger partial charge on any atom is -0.292 e. The van der Waals surface area contributed by atoms with Gasteiger partial charge in [-0.3, -0.25) is 4.40 Å². The quantitative estimate of drug-likeness (QED) is 0.129. The number of hydrogen-bond donors (Lipinski definition) is 0. The molecule has 0 fully saturated rings. The molecule has 61 heavy (non-hydrogen) atoms. The second kappa shape index (κ2) is 13.2. The van der Waals surface area contributed by atoms with Crippen molar-refractivity contribution in [2.45, 2.75) is 0 Å². The van der Waals surface area contributed by atoms with Crippen LogP contribution in [0.1, 0.15) is 0 Å². The Bertz CT molecular complexity index is 3950. The summed E-state index contributed by atoms with van der Waals surface area (Å²) < 4.78 is 2.32. The molecule has 282 valence electrons. The van der Waals surface area contributed by atoms with E-state index in [-0.39, 0.29) is 0 Å². The molecule has 0 amide bonds. The van der Waals surface area contributed by atoms with Crippen LogP contribution in [0.3, 0.4) is 0 Å². The van der Waals surface area contributed by atoms with Crippen molar-refractivity contribution in [2.24, 2.45) is 0 Å². The lowest BCUT2D eigenvalue weighted by Crippen LogP contribution is -1.92. The second-order valence-corrected chi connectivity index (χ2v) is 16.3. The molecule has 0 spiro atoms. The van der Waals surface area contributed by atoms with Crippen LogP contribution in [0.15, 0.2) is 218 Å². The zero-order valence-corrected chi connectivity index (χ0v) is 33.2. The number of aromatic nitrogens is 2. The van der Waals surface area contributed by atoms with E-state index in [9.17, 15) is 0 Å². The van der Waals surface area contributed by atoms with Gasteiger partial charge in [-0.2, -0.15) is 0 Å². The van der Waals surface area contributed by atoms with Crippen LogP contribution < -0.4 is 0 Å². The third-order valence-electron chi connectivity index (χ3n) is 12.9. The summed E-state index contributed by atoms with van der Waals surface area (Å²) >= 11 is 0. The van der Waals surface area contributed by atoms with Crippen molar-refractivity contribution in [3.05, 3.63) is 218 Å². The van der Waals surface area contributed by atoms with Crippen LogP contribution in [0.2, 0.25) is 0 Å². The lowest BCUT2D eigenvalue weighted by Gasteiger charge is -2.19. The van der Waals surface area contributed by atoms with Gasteiger partial charge in [-0.15, -0.1) is 0 Å². The summed E-state index contributed by atoms with van der Waals surface area (Å²) in [5.74, 6) is 0. The van der Waals surface area contributed by atoms with E-state index in [2.05, 4.69) is 223 Å². The zero-order valence-electron chi connectivity index (χ0n) is 33.2. The topological polar surface area (TPSA) is 17.3 Å². The normalized spacial score (nSPS) is 11.9. The minimum atomic E-state index is 0.989. The van der Waals surface area contributed by atoms with Gasteiger partial charge in [0.25, 0.3) is 0 Å². The van der Waals surface area contributed by atoms with Gasteiger partial charge in [-0.05, 0) is 135 Å².